The van der Waals surface area contributed by atoms with Crippen molar-refractivity contribution in [3.8, 4) is 11.8 Å². The molecule has 4 rings (SSSR count). The van der Waals surface area contributed by atoms with Crippen LogP contribution in [0.1, 0.15) is 25.0 Å². The Hall–Kier alpha value is -3.59. The summed E-state index contributed by atoms with van der Waals surface area (Å²) in [5.74, 6) is 0.158. The second-order valence-electron chi connectivity index (χ2n) is 8.53. The van der Waals surface area contributed by atoms with Crippen LogP contribution in [0.3, 0.4) is 0 Å². The van der Waals surface area contributed by atoms with Gasteiger partial charge in [-0.05, 0) is 46.0 Å². The van der Waals surface area contributed by atoms with Gasteiger partial charge in [0.1, 0.15) is 23.3 Å². The van der Waals surface area contributed by atoms with Gasteiger partial charge in [0.15, 0.2) is 11.6 Å². The van der Waals surface area contributed by atoms with Gasteiger partial charge in [-0.1, -0.05) is 23.8 Å². The smallest absolute Gasteiger partial charge is 0.326 e. The molecule has 0 saturated carbocycles. The van der Waals surface area contributed by atoms with E-state index in [0.717, 1.165) is 23.8 Å². The van der Waals surface area contributed by atoms with Crippen LogP contribution in [0.15, 0.2) is 46.5 Å². The van der Waals surface area contributed by atoms with Crippen molar-refractivity contribution in [2.75, 3.05) is 44.4 Å². The minimum atomic E-state index is -0.628. The van der Waals surface area contributed by atoms with Gasteiger partial charge >= 0.3 is 6.01 Å². The van der Waals surface area contributed by atoms with Crippen molar-refractivity contribution < 1.29 is 13.5 Å². The molecule has 34 heavy (non-hydrogen) atoms. The van der Waals surface area contributed by atoms with Gasteiger partial charge in [-0.2, -0.15) is 9.97 Å². The number of hydrogen-bond donors (Lipinski definition) is 2. The summed E-state index contributed by atoms with van der Waals surface area (Å²) in [6.07, 6.45) is 7.89. The van der Waals surface area contributed by atoms with Crippen LogP contribution in [0.4, 0.5) is 20.4 Å². The molecule has 7 nitrogen and oxygen atoms in total. The fraction of sp³-hybridized carbons (Fsp3) is 0.320. The zero-order valence-corrected chi connectivity index (χ0v) is 19.7. The highest BCUT2D eigenvalue weighted by molar-refractivity contribution is 6.05. The zero-order valence-electron chi connectivity index (χ0n) is 19.7. The minimum absolute atomic E-state index is 0.106. The van der Waals surface area contributed by atoms with Crippen LogP contribution in [0.5, 0.6) is 11.8 Å². The molecule has 0 fully saturated rings. The summed E-state index contributed by atoms with van der Waals surface area (Å²) in [6.45, 7) is 5.76. The fourth-order valence-electron chi connectivity index (χ4n) is 3.74. The summed E-state index contributed by atoms with van der Waals surface area (Å²) in [7, 11) is 3.94. The van der Waals surface area contributed by atoms with Gasteiger partial charge in [0, 0.05) is 36.3 Å². The SMILES string of the molecule is C/C=C/C1=CC(Nc2cc(NCCN(C)C)nc(Oc3cc(F)c4c(c3F)C=C(C)C4)n2)=NC1. The van der Waals surface area contributed by atoms with Gasteiger partial charge in [0.2, 0.25) is 0 Å². The molecule has 0 atom stereocenters. The molecule has 0 radical (unpaired) electrons. The van der Waals surface area contributed by atoms with Crippen molar-refractivity contribution in [2.24, 2.45) is 4.99 Å². The standard InChI is InChI=1S/C25H28F2N6O/c1-5-6-16-11-21(29-14-16)30-23-13-22(28-7-8-33(3)4)31-25(32-23)34-20-12-19(26)17-9-15(2)10-18(17)24(20)27/h5-6,10-13H,7-9,14H2,1-4H3,(H2,28,29,30,31,32)/b6-5+. The molecular weight excluding hydrogens is 438 g/mol. The van der Waals surface area contributed by atoms with E-state index < -0.39 is 11.6 Å². The number of anilines is 2. The summed E-state index contributed by atoms with van der Waals surface area (Å²) in [4.78, 5) is 15.2. The lowest BCUT2D eigenvalue weighted by Gasteiger charge is -2.14. The number of halogens is 2. The maximum atomic E-state index is 15.1. The first-order valence-corrected chi connectivity index (χ1v) is 11.1. The van der Waals surface area contributed by atoms with Gasteiger partial charge < -0.3 is 20.3 Å². The van der Waals surface area contributed by atoms with Crippen LogP contribution in [-0.2, 0) is 6.42 Å². The molecule has 178 valence electrons. The highest BCUT2D eigenvalue weighted by Crippen LogP contribution is 2.36. The van der Waals surface area contributed by atoms with Gasteiger partial charge in [-0.3, -0.25) is 4.99 Å². The lowest BCUT2D eigenvalue weighted by atomic mass is 10.1. The Bertz CT molecular complexity index is 1220. The molecule has 0 bridgehead atoms. The summed E-state index contributed by atoms with van der Waals surface area (Å²) in [6, 6.07) is 2.67. The van der Waals surface area contributed by atoms with Crippen LogP contribution < -0.4 is 15.4 Å². The van der Waals surface area contributed by atoms with Gasteiger partial charge in [-0.15, -0.1) is 0 Å². The average molecular weight is 467 g/mol. The first-order chi connectivity index (χ1) is 16.3. The van der Waals surface area contributed by atoms with E-state index in [-0.39, 0.29) is 17.3 Å². The van der Waals surface area contributed by atoms with E-state index in [1.54, 1.807) is 12.1 Å². The Labute approximate surface area is 198 Å². The third-order valence-electron chi connectivity index (χ3n) is 5.33. The number of likely N-dealkylation sites (N-methyl/N-ethyl adjacent to an activating group) is 1. The van der Waals surface area contributed by atoms with E-state index in [2.05, 4.69) is 25.6 Å². The number of nitrogens with zero attached hydrogens (tertiary/aromatic N) is 4. The second-order valence-corrected chi connectivity index (χ2v) is 8.53. The van der Waals surface area contributed by atoms with E-state index in [9.17, 15) is 4.39 Å². The number of fused-ring (bicyclic) bond motifs is 1. The maximum absolute atomic E-state index is 15.1. The number of rotatable bonds is 8. The quantitative estimate of drug-likeness (QED) is 0.582. The molecule has 0 amide bonds. The summed E-state index contributed by atoms with van der Waals surface area (Å²) in [5, 5.41) is 6.36. The van der Waals surface area contributed by atoms with E-state index >= 15 is 4.39 Å². The molecule has 0 unspecified atom stereocenters. The highest BCUT2D eigenvalue weighted by atomic mass is 19.1. The molecule has 2 N–H and O–H groups in total. The number of amidine groups is 1. The van der Waals surface area contributed by atoms with Crippen LogP contribution in [0, 0.1) is 11.6 Å². The van der Waals surface area contributed by atoms with Gasteiger partial charge in [-0.25, -0.2) is 8.78 Å². The predicted molar refractivity (Wildman–Crippen MR) is 132 cm³/mol. The molecule has 2 heterocycles. The number of aromatic nitrogens is 2. The Kier molecular flexibility index (Phi) is 7.02. The Balaban J connectivity index is 1.62. The number of aliphatic imine (C=N–C) groups is 1. The predicted octanol–water partition coefficient (Wildman–Crippen LogP) is 4.81. The van der Waals surface area contributed by atoms with Gasteiger partial charge in [0.25, 0.3) is 0 Å². The van der Waals surface area contributed by atoms with Crippen molar-refractivity contribution in [2.45, 2.75) is 20.3 Å². The summed E-state index contributed by atoms with van der Waals surface area (Å²) < 4.78 is 35.3. The minimum Gasteiger partial charge on any atom is -0.421 e. The number of hydrogen-bond acceptors (Lipinski definition) is 7. The van der Waals surface area contributed by atoms with E-state index in [0.29, 0.717) is 42.5 Å². The number of benzene rings is 1. The normalized spacial score (nSPS) is 14.9. The Morgan fingerprint density at radius 1 is 1.15 bits per heavy atom. The largest absolute Gasteiger partial charge is 0.421 e. The van der Waals surface area contributed by atoms with E-state index in [1.165, 1.54) is 0 Å². The van der Waals surface area contributed by atoms with Crippen molar-refractivity contribution >= 4 is 23.5 Å². The summed E-state index contributed by atoms with van der Waals surface area (Å²) >= 11 is 0. The lowest BCUT2D eigenvalue weighted by molar-refractivity contribution is 0.406. The molecule has 0 saturated heterocycles. The number of nitrogens with one attached hydrogen (secondary N) is 2. The van der Waals surface area contributed by atoms with Crippen molar-refractivity contribution in [3.63, 3.8) is 0 Å². The first-order valence-electron chi connectivity index (χ1n) is 11.1. The Morgan fingerprint density at radius 3 is 2.71 bits per heavy atom. The van der Waals surface area contributed by atoms with Crippen LogP contribution in [0.2, 0.25) is 0 Å². The third kappa shape index (κ3) is 5.48. The lowest BCUT2D eigenvalue weighted by Crippen LogP contribution is -2.21. The first kappa shape index (κ1) is 23.6. The molecule has 2 aromatic rings. The van der Waals surface area contributed by atoms with Crippen molar-refractivity contribution in [1.82, 2.24) is 14.9 Å². The molecule has 1 aliphatic heterocycles. The number of allylic oxidation sites excluding steroid dienone is 2. The topological polar surface area (TPSA) is 74.7 Å². The van der Waals surface area contributed by atoms with Crippen molar-refractivity contribution in [1.29, 1.82) is 0 Å². The molecular formula is C25H28F2N6O. The molecule has 0 spiro atoms. The van der Waals surface area contributed by atoms with Crippen LogP contribution >= 0.6 is 0 Å². The average Bonchev–Trinajstić information content (AvgIpc) is 3.38. The van der Waals surface area contributed by atoms with Crippen molar-refractivity contribution in [3.05, 3.63) is 64.3 Å². The summed E-state index contributed by atoms with van der Waals surface area (Å²) in [5.41, 5.74) is 2.52. The monoisotopic (exact) mass is 466 g/mol. The van der Waals surface area contributed by atoms with E-state index in [1.807, 2.05) is 51.1 Å². The van der Waals surface area contributed by atoms with Crippen LogP contribution in [0.25, 0.3) is 6.08 Å². The molecule has 9 heteroatoms. The van der Waals surface area contributed by atoms with Gasteiger partial charge in [0.05, 0.1) is 6.54 Å². The Morgan fingerprint density at radius 2 is 1.94 bits per heavy atom. The molecule has 1 aliphatic carbocycles. The molecule has 1 aromatic heterocycles. The second kappa shape index (κ2) is 10.1. The van der Waals surface area contributed by atoms with Crippen LogP contribution in [-0.4, -0.2) is 54.4 Å². The number of ether oxygens (including phenoxy) is 1. The molecule has 2 aliphatic rings. The fourth-order valence-corrected chi connectivity index (χ4v) is 3.74. The van der Waals surface area contributed by atoms with E-state index in [4.69, 9.17) is 4.74 Å². The zero-order chi connectivity index (χ0) is 24.2. The highest BCUT2D eigenvalue weighted by Gasteiger charge is 2.23. The maximum Gasteiger partial charge on any atom is 0.326 e. The third-order valence-corrected chi connectivity index (χ3v) is 5.33. The molecule has 1 aromatic carbocycles.